The first-order chi connectivity index (χ1) is 13.7. The van der Waals surface area contributed by atoms with Crippen LogP contribution in [0.1, 0.15) is 15.9 Å². The number of hydrogen-bond acceptors (Lipinski definition) is 5. The molecular weight excluding hydrogens is 350 g/mol. The van der Waals surface area contributed by atoms with Gasteiger partial charge in [0.2, 0.25) is 0 Å². The molecule has 1 fully saturated rings. The van der Waals surface area contributed by atoms with Crippen LogP contribution in [0.2, 0.25) is 0 Å². The fourth-order valence-corrected chi connectivity index (χ4v) is 3.29. The first-order valence-electron chi connectivity index (χ1n) is 9.46. The van der Waals surface area contributed by atoms with Crippen LogP contribution in [-0.2, 0) is 0 Å². The van der Waals surface area contributed by atoms with Gasteiger partial charge < -0.3 is 15.1 Å². The van der Waals surface area contributed by atoms with Crippen molar-refractivity contribution in [1.29, 1.82) is 0 Å². The van der Waals surface area contributed by atoms with Crippen molar-refractivity contribution < 1.29 is 4.79 Å². The van der Waals surface area contributed by atoms with Gasteiger partial charge >= 0.3 is 0 Å². The summed E-state index contributed by atoms with van der Waals surface area (Å²) in [6.45, 7) is 5.65. The third kappa shape index (κ3) is 4.11. The molecule has 1 N–H and O–H groups in total. The van der Waals surface area contributed by atoms with Crippen molar-refractivity contribution in [3.63, 3.8) is 0 Å². The van der Waals surface area contributed by atoms with Crippen LogP contribution >= 0.6 is 0 Å². The SMILES string of the molecule is Cc1ccc(C(=O)Nc2ccc(N3CCN(c4ccccc4)CC3)nn2)cc1. The molecular formula is C22H23N5O. The Morgan fingerprint density at radius 1 is 0.821 bits per heavy atom. The van der Waals surface area contributed by atoms with E-state index < -0.39 is 0 Å². The van der Waals surface area contributed by atoms with E-state index in [1.807, 2.05) is 31.2 Å². The number of anilines is 3. The van der Waals surface area contributed by atoms with Crippen LogP contribution in [0, 0.1) is 6.92 Å². The van der Waals surface area contributed by atoms with Crippen molar-refractivity contribution in [2.24, 2.45) is 0 Å². The molecule has 0 saturated carbocycles. The Hall–Kier alpha value is -3.41. The lowest BCUT2D eigenvalue weighted by molar-refractivity contribution is 0.102. The highest BCUT2D eigenvalue weighted by atomic mass is 16.1. The van der Waals surface area contributed by atoms with Crippen LogP contribution in [0.25, 0.3) is 0 Å². The van der Waals surface area contributed by atoms with Crippen LogP contribution in [-0.4, -0.2) is 42.3 Å². The molecule has 6 nitrogen and oxygen atoms in total. The summed E-state index contributed by atoms with van der Waals surface area (Å²) in [4.78, 5) is 16.9. The summed E-state index contributed by atoms with van der Waals surface area (Å²) in [7, 11) is 0. The Balaban J connectivity index is 1.35. The number of hydrogen-bond donors (Lipinski definition) is 1. The van der Waals surface area contributed by atoms with E-state index in [1.54, 1.807) is 18.2 Å². The molecule has 0 atom stereocenters. The van der Waals surface area contributed by atoms with E-state index in [9.17, 15) is 4.79 Å². The fraction of sp³-hybridized carbons (Fsp3) is 0.227. The summed E-state index contributed by atoms with van der Waals surface area (Å²) in [6, 6.07) is 21.6. The molecule has 1 saturated heterocycles. The minimum absolute atomic E-state index is 0.182. The standard InChI is InChI=1S/C22H23N5O/c1-17-7-9-18(10-8-17)22(28)23-20-11-12-21(25-24-20)27-15-13-26(14-16-27)19-5-3-2-4-6-19/h2-12H,13-16H2,1H3,(H,23,24,28). The molecule has 6 heteroatoms. The molecule has 1 aromatic heterocycles. The number of nitrogens with one attached hydrogen (secondary N) is 1. The van der Waals surface area contributed by atoms with Crippen molar-refractivity contribution in [2.75, 3.05) is 41.3 Å². The maximum absolute atomic E-state index is 12.3. The second-order valence-electron chi connectivity index (χ2n) is 6.91. The number of carbonyl (C=O) groups excluding carboxylic acids is 1. The Bertz CT molecular complexity index is 917. The van der Waals surface area contributed by atoms with E-state index in [1.165, 1.54) is 5.69 Å². The third-order valence-corrected chi connectivity index (χ3v) is 4.93. The van der Waals surface area contributed by atoms with Gasteiger partial charge in [0.15, 0.2) is 11.6 Å². The lowest BCUT2D eigenvalue weighted by Crippen LogP contribution is -2.46. The summed E-state index contributed by atoms with van der Waals surface area (Å²) in [6.07, 6.45) is 0. The first-order valence-corrected chi connectivity index (χ1v) is 9.46. The molecule has 28 heavy (non-hydrogen) atoms. The molecule has 0 bridgehead atoms. The molecule has 3 aromatic rings. The number of benzene rings is 2. The highest BCUT2D eigenvalue weighted by molar-refractivity contribution is 6.03. The molecule has 4 rings (SSSR count). The molecule has 0 unspecified atom stereocenters. The normalized spacial score (nSPS) is 14.0. The summed E-state index contributed by atoms with van der Waals surface area (Å²) in [5.41, 5.74) is 2.98. The molecule has 2 aromatic carbocycles. The second kappa shape index (κ2) is 8.08. The van der Waals surface area contributed by atoms with Gasteiger partial charge in [0, 0.05) is 37.4 Å². The van der Waals surface area contributed by atoms with Crippen LogP contribution in [0.15, 0.2) is 66.7 Å². The van der Waals surface area contributed by atoms with Crippen molar-refractivity contribution in [3.8, 4) is 0 Å². The van der Waals surface area contributed by atoms with Crippen molar-refractivity contribution >= 4 is 23.2 Å². The van der Waals surface area contributed by atoms with Gasteiger partial charge in [-0.1, -0.05) is 35.9 Å². The quantitative estimate of drug-likeness (QED) is 0.760. The van der Waals surface area contributed by atoms with Gasteiger partial charge in [-0.2, -0.15) is 0 Å². The fourth-order valence-electron chi connectivity index (χ4n) is 3.29. The molecule has 1 aliphatic rings. The van der Waals surface area contributed by atoms with E-state index >= 15 is 0 Å². The zero-order chi connectivity index (χ0) is 19.3. The van der Waals surface area contributed by atoms with Crippen LogP contribution < -0.4 is 15.1 Å². The number of nitrogens with zero attached hydrogens (tertiary/aromatic N) is 4. The summed E-state index contributed by atoms with van der Waals surface area (Å²) in [5.74, 6) is 1.11. The Morgan fingerprint density at radius 2 is 1.50 bits per heavy atom. The van der Waals surface area contributed by atoms with Crippen LogP contribution in [0.4, 0.5) is 17.3 Å². The third-order valence-electron chi connectivity index (χ3n) is 4.93. The highest BCUT2D eigenvalue weighted by Gasteiger charge is 2.18. The van der Waals surface area contributed by atoms with E-state index in [0.29, 0.717) is 11.4 Å². The molecule has 1 aliphatic heterocycles. The maximum atomic E-state index is 12.3. The summed E-state index contributed by atoms with van der Waals surface area (Å²) in [5, 5.41) is 11.3. The van der Waals surface area contributed by atoms with E-state index in [2.05, 4.69) is 49.6 Å². The minimum atomic E-state index is -0.182. The van der Waals surface area contributed by atoms with Crippen LogP contribution in [0.3, 0.4) is 0 Å². The monoisotopic (exact) mass is 373 g/mol. The van der Waals surface area contributed by atoms with Crippen LogP contribution in [0.5, 0.6) is 0 Å². The maximum Gasteiger partial charge on any atom is 0.256 e. The summed E-state index contributed by atoms with van der Waals surface area (Å²) >= 11 is 0. The van der Waals surface area contributed by atoms with Crippen molar-refractivity contribution in [3.05, 3.63) is 77.9 Å². The second-order valence-corrected chi connectivity index (χ2v) is 6.91. The number of amides is 1. The van der Waals surface area contributed by atoms with E-state index in [4.69, 9.17) is 0 Å². The number of rotatable bonds is 4. The zero-order valence-corrected chi connectivity index (χ0v) is 15.9. The molecule has 2 heterocycles. The molecule has 1 amide bonds. The van der Waals surface area contributed by atoms with E-state index in [0.717, 1.165) is 37.6 Å². The predicted octanol–water partition coefficient (Wildman–Crippen LogP) is 3.36. The predicted molar refractivity (Wildman–Crippen MR) is 112 cm³/mol. The zero-order valence-electron chi connectivity index (χ0n) is 15.9. The lowest BCUT2D eigenvalue weighted by Gasteiger charge is -2.36. The van der Waals surface area contributed by atoms with Gasteiger partial charge in [0.25, 0.3) is 5.91 Å². The molecule has 142 valence electrons. The Kier molecular flexibility index (Phi) is 5.19. The number of para-hydroxylation sites is 1. The highest BCUT2D eigenvalue weighted by Crippen LogP contribution is 2.19. The summed E-state index contributed by atoms with van der Waals surface area (Å²) < 4.78 is 0. The number of aryl methyl sites for hydroxylation is 1. The smallest absolute Gasteiger partial charge is 0.256 e. The van der Waals surface area contributed by atoms with Gasteiger partial charge in [0.05, 0.1) is 0 Å². The largest absolute Gasteiger partial charge is 0.368 e. The van der Waals surface area contributed by atoms with Gasteiger partial charge in [-0.25, -0.2) is 0 Å². The Labute approximate surface area is 164 Å². The topological polar surface area (TPSA) is 61.4 Å². The van der Waals surface area contributed by atoms with Gasteiger partial charge in [0.1, 0.15) is 0 Å². The molecule has 0 radical (unpaired) electrons. The lowest BCUT2D eigenvalue weighted by atomic mass is 10.1. The average molecular weight is 373 g/mol. The number of piperazine rings is 1. The number of carbonyl (C=O) groups is 1. The van der Waals surface area contributed by atoms with Crippen molar-refractivity contribution in [2.45, 2.75) is 6.92 Å². The van der Waals surface area contributed by atoms with Gasteiger partial charge in [-0.15, -0.1) is 10.2 Å². The molecule has 0 aliphatic carbocycles. The molecule has 0 spiro atoms. The van der Waals surface area contributed by atoms with Crippen molar-refractivity contribution in [1.82, 2.24) is 10.2 Å². The Morgan fingerprint density at radius 3 is 2.14 bits per heavy atom. The minimum Gasteiger partial charge on any atom is -0.368 e. The van der Waals surface area contributed by atoms with Gasteiger partial charge in [-0.05, 0) is 43.3 Å². The van der Waals surface area contributed by atoms with E-state index in [-0.39, 0.29) is 5.91 Å². The number of aromatic nitrogens is 2. The average Bonchev–Trinajstić information content (AvgIpc) is 2.75. The first kappa shape index (κ1) is 18.0. The van der Waals surface area contributed by atoms with Gasteiger partial charge in [-0.3, -0.25) is 4.79 Å².